The SMILES string of the molecule is COc1ccc(C2CC(=O)Nc3c2c(C)nn3-c2ccc(=O)[nH]n2)cc1CO. The number of aromatic amines is 1. The van der Waals surface area contributed by atoms with E-state index in [-0.39, 0.29) is 30.4 Å². The fourth-order valence-corrected chi connectivity index (χ4v) is 3.59. The van der Waals surface area contributed by atoms with E-state index < -0.39 is 0 Å². The number of H-pyrrole nitrogens is 1. The van der Waals surface area contributed by atoms with Crippen molar-refractivity contribution in [1.29, 1.82) is 0 Å². The molecule has 0 bridgehead atoms. The molecule has 1 amide bonds. The number of aromatic nitrogens is 4. The molecule has 9 nitrogen and oxygen atoms in total. The van der Waals surface area contributed by atoms with Gasteiger partial charge < -0.3 is 15.2 Å². The molecule has 3 aromatic rings. The summed E-state index contributed by atoms with van der Waals surface area (Å²) in [6, 6.07) is 8.42. The first-order valence-corrected chi connectivity index (χ1v) is 8.75. The van der Waals surface area contributed by atoms with Crippen molar-refractivity contribution in [2.45, 2.75) is 25.9 Å². The van der Waals surface area contributed by atoms with Gasteiger partial charge >= 0.3 is 0 Å². The lowest BCUT2D eigenvalue weighted by atomic mass is 9.85. The molecule has 9 heteroatoms. The van der Waals surface area contributed by atoms with Crippen molar-refractivity contribution in [3.05, 3.63) is 63.1 Å². The number of amides is 1. The maximum atomic E-state index is 12.4. The molecule has 0 radical (unpaired) electrons. The number of rotatable bonds is 4. The molecule has 0 saturated carbocycles. The van der Waals surface area contributed by atoms with Crippen LogP contribution in [-0.2, 0) is 11.4 Å². The van der Waals surface area contributed by atoms with Crippen LogP contribution in [0.1, 0.15) is 34.7 Å². The Hall–Kier alpha value is -3.46. The zero-order chi connectivity index (χ0) is 19.8. The van der Waals surface area contributed by atoms with Gasteiger partial charge in [-0.2, -0.15) is 14.9 Å². The third-order valence-electron chi connectivity index (χ3n) is 4.86. The van der Waals surface area contributed by atoms with E-state index in [1.54, 1.807) is 19.2 Å². The number of methoxy groups -OCH3 is 1. The quantitative estimate of drug-likeness (QED) is 0.625. The highest BCUT2D eigenvalue weighted by Crippen LogP contribution is 2.40. The first kappa shape index (κ1) is 17.9. The number of aryl methyl sites for hydroxylation is 1. The number of carbonyl (C=O) groups is 1. The first-order valence-electron chi connectivity index (χ1n) is 8.75. The van der Waals surface area contributed by atoms with Gasteiger partial charge in [-0.15, -0.1) is 0 Å². The standard InChI is InChI=1S/C19H19N5O4/c1-10-18-13(11-3-4-14(28-2)12(7-11)9-25)8-17(27)20-19(18)24(23-10)15-5-6-16(26)22-21-15/h3-7,13,25H,8-9H2,1-2H3,(H,20,27)(H,22,26). The zero-order valence-corrected chi connectivity index (χ0v) is 15.4. The van der Waals surface area contributed by atoms with E-state index in [2.05, 4.69) is 20.6 Å². The van der Waals surface area contributed by atoms with Crippen LogP contribution < -0.4 is 15.6 Å². The lowest BCUT2D eigenvalue weighted by Crippen LogP contribution is -2.25. The number of benzene rings is 1. The lowest BCUT2D eigenvalue weighted by Gasteiger charge is -2.25. The summed E-state index contributed by atoms with van der Waals surface area (Å²) in [5.74, 6) is 1.15. The molecule has 0 fully saturated rings. The summed E-state index contributed by atoms with van der Waals surface area (Å²) in [7, 11) is 1.55. The maximum Gasteiger partial charge on any atom is 0.264 e. The van der Waals surface area contributed by atoms with Crippen molar-refractivity contribution >= 4 is 11.7 Å². The van der Waals surface area contributed by atoms with Gasteiger partial charge in [0.15, 0.2) is 5.82 Å². The predicted octanol–water partition coefficient (Wildman–Crippen LogP) is 1.24. The number of ether oxygens (including phenoxy) is 1. The van der Waals surface area contributed by atoms with E-state index in [4.69, 9.17) is 4.74 Å². The highest BCUT2D eigenvalue weighted by Gasteiger charge is 2.33. The van der Waals surface area contributed by atoms with Crippen LogP contribution in [0.15, 0.2) is 35.1 Å². The minimum absolute atomic E-state index is 0.149. The van der Waals surface area contributed by atoms with Crippen molar-refractivity contribution in [3.8, 4) is 11.6 Å². The highest BCUT2D eigenvalue weighted by molar-refractivity contribution is 5.95. The molecule has 0 aliphatic carbocycles. The average molecular weight is 381 g/mol. The Labute approximate surface area is 160 Å². The third-order valence-corrected chi connectivity index (χ3v) is 4.86. The lowest BCUT2D eigenvalue weighted by molar-refractivity contribution is -0.116. The van der Waals surface area contributed by atoms with Gasteiger partial charge in [0.05, 0.1) is 19.4 Å². The van der Waals surface area contributed by atoms with E-state index in [0.717, 1.165) is 16.8 Å². The van der Waals surface area contributed by atoms with Crippen LogP contribution >= 0.6 is 0 Å². The molecule has 1 atom stereocenters. The Kier molecular flexibility index (Phi) is 4.44. The second-order valence-corrected chi connectivity index (χ2v) is 6.57. The highest BCUT2D eigenvalue weighted by atomic mass is 16.5. The molecule has 4 rings (SSSR count). The summed E-state index contributed by atoms with van der Waals surface area (Å²) in [5.41, 5.74) is 2.84. The molecule has 1 unspecified atom stereocenters. The fraction of sp³-hybridized carbons (Fsp3) is 0.263. The second-order valence-electron chi connectivity index (χ2n) is 6.57. The van der Waals surface area contributed by atoms with E-state index >= 15 is 0 Å². The number of fused-ring (bicyclic) bond motifs is 1. The Bertz CT molecular complexity index is 1100. The Morgan fingerprint density at radius 3 is 2.79 bits per heavy atom. The summed E-state index contributed by atoms with van der Waals surface area (Å²) in [4.78, 5) is 23.7. The molecular weight excluding hydrogens is 362 g/mol. The second kappa shape index (κ2) is 6.93. The molecule has 28 heavy (non-hydrogen) atoms. The molecule has 1 aliphatic heterocycles. The molecule has 3 heterocycles. The van der Waals surface area contributed by atoms with Crippen LogP contribution in [0, 0.1) is 6.92 Å². The number of aliphatic hydroxyl groups is 1. The van der Waals surface area contributed by atoms with Gasteiger partial charge in [0, 0.05) is 29.5 Å². The minimum Gasteiger partial charge on any atom is -0.496 e. The van der Waals surface area contributed by atoms with Crippen LogP contribution in [0.3, 0.4) is 0 Å². The largest absolute Gasteiger partial charge is 0.496 e. The summed E-state index contributed by atoms with van der Waals surface area (Å²) < 4.78 is 6.79. The number of nitrogens with one attached hydrogen (secondary N) is 2. The number of carbonyl (C=O) groups excluding carboxylic acids is 1. The molecule has 0 spiro atoms. The van der Waals surface area contributed by atoms with Crippen molar-refractivity contribution in [3.63, 3.8) is 0 Å². The van der Waals surface area contributed by atoms with Crippen LogP contribution in [0.2, 0.25) is 0 Å². The molecule has 3 N–H and O–H groups in total. The summed E-state index contributed by atoms with van der Waals surface area (Å²) in [5, 5.41) is 23.4. The van der Waals surface area contributed by atoms with E-state index in [1.807, 2.05) is 19.1 Å². The summed E-state index contributed by atoms with van der Waals surface area (Å²) in [6.45, 7) is 1.70. The molecular formula is C19H19N5O4. The maximum absolute atomic E-state index is 12.4. The zero-order valence-electron chi connectivity index (χ0n) is 15.4. The van der Waals surface area contributed by atoms with Crippen molar-refractivity contribution in [2.24, 2.45) is 0 Å². The molecule has 0 saturated heterocycles. The van der Waals surface area contributed by atoms with Gasteiger partial charge in [0.2, 0.25) is 5.91 Å². The van der Waals surface area contributed by atoms with Crippen LogP contribution in [0.5, 0.6) is 5.75 Å². The van der Waals surface area contributed by atoms with Crippen LogP contribution in [-0.4, -0.2) is 38.1 Å². The summed E-state index contributed by atoms with van der Waals surface area (Å²) in [6.07, 6.45) is 0.260. The minimum atomic E-state index is -0.321. The average Bonchev–Trinajstić information content (AvgIpc) is 3.03. The molecule has 1 aromatic carbocycles. The monoisotopic (exact) mass is 381 g/mol. The summed E-state index contributed by atoms with van der Waals surface area (Å²) >= 11 is 0. The topological polar surface area (TPSA) is 122 Å². The van der Waals surface area contributed by atoms with Crippen molar-refractivity contribution in [2.75, 3.05) is 12.4 Å². The van der Waals surface area contributed by atoms with Crippen LogP contribution in [0.25, 0.3) is 5.82 Å². The van der Waals surface area contributed by atoms with Crippen molar-refractivity contribution in [1.82, 2.24) is 20.0 Å². The van der Waals surface area contributed by atoms with Gasteiger partial charge in [-0.25, -0.2) is 5.10 Å². The van der Waals surface area contributed by atoms with Gasteiger partial charge in [0.25, 0.3) is 5.56 Å². The van der Waals surface area contributed by atoms with Gasteiger partial charge in [-0.3, -0.25) is 9.59 Å². The van der Waals surface area contributed by atoms with E-state index in [1.165, 1.54) is 10.7 Å². The van der Waals surface area contributed by atoms with Crippen LogP contribution in [0.4, 0.5) is 5.82 Å². The third kappa shape index (κ3) is 2.95. The van der Waals surface area contributed by atoms with Gasteiger partial charge in [-0.05, 0) is 30.7 Å². The number of hydrogen-bond donors (Lipinski definition) is 3. The normalized spacial score (nSPS) is 15.8. The van der Waals surface area contributed by atoms with E-state index in [9.17, 15) is 14.7 Å². The molecule has 1 aliphatic rings. The van der Waals surface area contributed by atoms with Gasteiger partial charge in [0.1, 0.15) is 11.6 Å². The number of aliphatic hydroxyl groups excluding tert-OH is 1. The Morgan fingerprint density at radius 2 is 2.11 bits per heavy atom. The Balaban J connectivity index is 1.85. The molecule has 2 aromatic heterocycles. The van der Waals surface area contributed by atoms with E-state index in [0.29, 0.717) is 22.9 Å². The number of nitrogens with zero attached hydrogens (tertiary/aromatic N) is 3. The fourth-order valence-electron chi connectivity index (χ4n) is 3.59. The number of hydrogen-bond acceptors (Lipinski definition) is 6. The first-order chi connectivity index (χ1) is 13.5. The van der Waals surface area contributed by atoms with Crippen molar-refractivity contribution < 1.29 is 14.6 Å². The Morgan fingerprint density at radius 1 is 1.29 bits per heavy atom. The number of anilines is 1. The smallest absolute Gasteiger partial charge is 0.264 e. The van der Waals surface area contributed by atoms with Gasteiger partial charge in [-0.1, -0.05) is 6.07 Å². The molecule has 144 valence electrons. The predicted molar refractivity (Wildman–Crippen MR) is 101 cm³/mol.